The van der Waals surface area contributed by atoms with Crippen molar-refractivity contribution in [1.82, 2.24) is 9.97 Å². The largest absolute Gasteiger partial charge is 0.464 e. The minimum absolute atomic E-state index is 0.910. The lowest BCUT2D eigenvalue weighted by atomic mass is 10.1. The highest BCUT2D eigenvalue weighted by Crippen LogP contribution is 2.26. The van der Waals surface area contributed by atoms with Crippen LogP contribution in [0.2, 0.25) is 0 Å². The number of hydrogen-bond acceptors (Lipinski definition) is 2. The highest BCUT2D eigenvalue weighted by molar-refractivity contribution is 5.87. The molecule has 0 unspecified atom stereocenters. The third-order valence-electron chi connectivity index (χ3n) is 3.16. The van der Waals surface area contributed by atoms with Crippen molar-refractivity contribution in [3.8, 4) is 11.3 Å². The van der Waals surface area contributed by atoms with Gasteiger partial charge < -0.3 is 9.40 Å². The first kappa shape index (κ1) is 9.48. The standard InChI is InChI=1S/C15H10N2O/c1-2-12-9-13(17-15(12)16-6-1)10-3-4-14-11(8-10)5-7-18-14/h1-9H,(H,16,17). The molecule has 3 nitrogen and oxygen atoms in total. The number of aromatic amines is 1. The number of furan rings is 1. The van der Waals surface area contributed by atoms with Crippen LogP contribution in [0.4, 0.5) is 0 Å². The number of pyridine rings is 1. The van der Waals surface area contributed by atoms with Crippen LogP contribution in [0.5, 0.6) is 0 Å². The van der Waals surface area contributed by atoms with Crippen LogP contribution in [0.3, 0.4) is 0 Å². The van der Waals surface area contributed by atoms with Gasteiger partial charge in [-0.25, -0.2) is 4.98 Å². The van der Waals surface area contributed by atoms with Crippen molar-refractivity contribution < 1.29 is 4.42 Å². The minimum atomic E-state index is 0.910. The average Bonchev–Trinajstić information content (AvgIpc) is 3.04. The summed E-state index contributed by atoms with van der Waals surface area (Å²) in [4.78, 5) is 7.63. The molecule has 0 amide bonds. The molecule has 18 heavy (non-hydrogen) atoms. The van der Waals surface area contributed by atoms with Crippen molar-refractivity contribution in [2.24, 2.45) is 0 Å². The molecule has 4 rings (SSSR count). The van der Waals surface area contributed by atoms with Gasteiger partial charge in [-0.05, 0) is 48.0 Å². The lowest BCUT2D eigenvalue weighted by Gasteiger charge is -1.97. The molecule has 3 heterocycles. The Morgan fingerprint density at radius 3 is 2.94 bits per heavy atom. The fourth-order valence-corrected chi connectivity index (χ4v) is 2.25. The molecule has 86 valence electrons. The molecule has 0 atom stereocenters. The molecule has 4 aromatic rings. The van der Waals surface area contributed by atoms with Gasteiger partial charge in [-0.2, -0.15) is 0 Å². The molecule has 1 N–H and O–H groups in total. The summed E-state index contributed by atoms with van der Waals surface area (Å²) in [5.41, 5.74) is 4.04. The van der Waals surface area contributed by atoms with Gasteiger partial charge in [0.2, 0.25) is 0 Å². The molecule has 0 radical (unpaired) electrons. The Kier molecular flexibility index (Phi) is 1.83. The van der Waals surface area contributed by atoms with Crippen molar-refractivity contribution in [2.75, 3.05) is 0 Å². The second kappa shape index (κ2) is 3.47. The molecule has 0 bridgehead atoms. The van der Waals surface area contributed by atoms with Gasteiger partial charge in [-0.1, -0.05) is 0 Å². The van der Waals surface area contributed by atoms with E-state index < -0.39 is 0 Å². The quantitative estimate of drug-likeness (QED) is 0.541. The van der Waals surface area contributed by atoms with E-state index in [9.17, 15) is 0 Å². The Labute approximate surface area is 103 Å². The van der Waals surface area contributed by atoms with E-state index in [0.29, 0.717) is 0 Å². The molecule has 0 spiro atoms. The van der Waals surface area contributed by atoms with Crippen LogP contribution >= 0.6 is 0 Å². The molecule has 0 fully saturated rings. The molecule has 0 saturated heterocycles. The van der Waals surface area contributed by atoms with Crippen molar-refractivity contribution >= 4 is 22.0 Å². The van der Waals surface area contributed by atoms with E-state index in [1.54, 1.807) is 12.5 Å². The Morgan fingerprint density at radius 1 is 1.00 bits per heavy atom. The smallest absolute Gasteiger partial charge is 0.137 e. The van der Waals surface area contributed by atoms with E-state index in [1.807, 2.05) is 18.2 Å². The van der Waals surface area contributed by atoms with Gasteiger partial charge in [0, 0.05) is 22.7 Å². The summed E-state index contributed by atoms with van der Waals surface area (Å²) in [5.74, 6) is 0. The number of nitrogens with zero attached hydrogens (tertiary/aromatic N) is 1. The zero-order valence-corrected chi connectivity index (χ0v) is 9.55. The van der Waals surface area contributed by atoms with Gasteiger partial charge in [0.1, 0.15) is 11.2 Å². The predicted molar refractivity (Wildman–Crippen MR) is 71.3 cm³/mol. The van der Waals surface area contributed by atoms with Gasteiger partial charge in [-0.3, -0.25) is 0 Å². The SMILES string of the molecule is c1cnc2[nH]c(-c3ccc4occc4c3)cc2c1. The number of rotatable bonds is 1. The Bertz CT molecular complexity index is 809. The van der Waals surface area contributed by atoms with Gasteiger partial charge in [0.05, 0.1) is 6.26 Å². The monoisotopic (exact) mass is 234 g/mol. The maximum absolute atomic E-state index is 5.35. The lowest BCUT2D eigenvalue weighted by molar-refractivity contribution is 0.616. The number of fused-ring (bicyclic) bond motifs is 2. The normalized spacial score (nSPS) is 11.3. The molecule has 0 aliphatic rings. The molecule has 3 aromatic heterocycles. The predicted octanol–water partition coefficient (Wildman–Crippen LogP) is 3.98. The summed E-state index contributed by atoms with van der Waals surface area (Å²) >= 11 is 0. The van der Waals surface area contributed by atoms with Gasteiger partial charge in [-0.15, -0.1) is 0 Å². The first-order chi connectivity index (χ1) is 8.90. The number of H-pyrrole nitrogens is 1. The second-order valence-electron chi connectivity index (χ2n) is 4.30. The van der Waals surface area contributed by atoms with Crippen molar-refractivity contribution in [1.29, 1.82) is 0 Å². The van der Waals surface area contributed by atoms with Crippen LogP contribution < -0.4 is 0 Å². The van der Waals surface area contributed by atoms with Crippen molar-refractivity contribution in [2.45, 2.75) is 0 Å². The maximum Gasteiger partial charge on any atom is 0.137 e. The number of aromatic nitrogens is 2. The first-order valence-electron chi connectivity index (χ1n) is 5.81. The zero-order chi connectivity index (χ0) is 11.9. The average molecular weight is 234 g/mol. The van der Waals surface area contributed by atoms with Crippen LogP contribution in [-0.2, 0) is 0 Å². The third kappa shape index (κ3) is 1.34. The molecular formula is C15H10N2O. The number of nitrogens with one attached hydrogen (secondary N) is 1. The summed E-state index contributed by atoms with van der Waals surface area (Å²) in [6.45, 7) is 0. The van der Waals surface area contributed by atoms with E-state index in [0.717, 1.165) is 33.3 Å². The fourth-order valence-electron chi connectivity index (χ4n) is 2.25. The van der Waals surface area contributed by atoms with Gasteiger partial charge in [0.15, 0.2) is 0 Å². The van der Waals surface area contributed by atoms with Crippen molar-refractivity contribution in [3.05, 3.63) is 54.9 Å². The first-order valence-corrected chi connectivity index (χ1v) is 5.81. The molecular weight excluding hydrogens is 224 g/mol. The van der Waals surface area contributed by atoms with Crippen LogP contribution in [0, 0.1) is 0 Å². The third-order valence-corrected chi connectivity index (χ3v) is 3.16. The Balaban J connectivity index is 1.94. The molecule has 0 aliphatic heterocycles. The highest BCUT2D eigenvalue weighted by atomic mass is 16.3. The summed E-state index contributed by atoms with van der Waals surface area (Å²) in [5, 5.41) is 2.24. The fraction of sp³-hybridized carbons (Fsp3) is 0. The Hall–Kier alpha value is -2.55. The second-order valence-corrected chi connectivity index (χ2v) is 4.30. The molecule has 0 aliphatic carbocycles. The summed E-state index contributed by atoms with van der Waals surface area (Å²) < 4.78 is 5.35. The van der Waals surface area contributed by atoms with E-state index in [-0.39, 0.29) is 0 Å². The topological polar surface area (TPSA) is 41.8 Å². The molecule has 1 aromatic carbocycles. The molecule has 0 saturated carbocycles. The maximum atomic E-state index is 5.35. The minimum Gasteiger partial charge on any atom is -0.464 e. The van der Waals surface area contributed by atoms with Crippen molar-refractivity contribution in [3.63, 3.8) is 0 Å². The van der Waals surface area contributed by atoms with E-state index in [1.165, 1.54) is 0 Å². The van der Waals surface area contributed by atoms with Crippen LogP contribution in [0.25, 0.3) is 33.3 Å². The van der Waals surface area contributed by atoms with Crippen LogP contribution in [0.1, 0.15) is 0 Å². The zero-order valence-electron chi connectivity index (χ0n) is 9.55. The van der Waals surface area contributed by atoms with Crippen LogP contribution in [0.15, 0.2) is 59.3 Å². The van der Waals surface area contributed by atoms with Crippen LogP contribution in [-0.4, -0.2) is 9.97 Å². The highest BCUT2D eigenvalue weighted by Gasteiger charge is 2.05. The van der Waals surface area contributed by atoms with E-state index >= 15 is 0 Å². The number of benzene rings is 1. The summed E-state index contributed by atoms with van der Waals surface area (Å²) in [6.07, 6.45) is 3.50. The van der Waals surface area contributed by atoms with Gasteiger partial charge in [0.25, 0.3) is 0 Å². The summed E-state index contributed by atoms with van der Waals surface area (Å²) in [6, 6.07) is 14.2. The number of hydrogen-bond donors (Lipinski definition) is 1. The van der Waals surface area contributed by atoms with E-state index in [4.69, 9.17) is 4.42 Å². The lowest BCUT2D eigenvalue weighted by Crippen LogP contribution is -1.77. The Morgan fingerprint density at radius 2 is 2.00 bits per heavy atom. The molecule has 3 heteroatoms. The summed E-state index contributed by atoms with van der Waals surface area (Å²) in [7, 11) is 0. The van der Waals surface area contributed by atoms with Gasteiger partial charge >= 0.3 is 0 Å². The van der Waals surface area contributed by atoms with E-state index in [2.05, 4.69) is 34.2 Å².